The predicted molar refractivity (Wildman–Crippen MR) is 47.2 cm³/mol. The van der Waals surface area contributed by atoms with Gasteiger partial charge in [-0.25, -0.2) is 0 Å². The summed E-state index contributed by atoms with van der Waals surface area (Å²) in [4.78, 5) is 0. The lowest BCUT2D eigenvalue weighted by molar-refractivity contribution is 0.671. The summed E-state index contributed by atoms with van der Waals surface area (Å²) in [6.07, 6.45) is 4.72. The Labute approximate surface area is 64.5 Å². The maximum absolute atomic E-state index is 3.37. The number of hydrogen-bond acceptors (Lipinski definition) is 1. The van der Waals surface area contributed by atoms with Crippen LogP contribution >= 0.6 is 0 Å². The number of hydrogen-bond donors (Lipinski definition) is 1. The molecule has 0 aromatic rings. The molecule has 0 radical (unpaired) electrons. The van der Waals surface area contributed by atoms with Crippen molar-refractivity contribution in [3.8, 4) is 0 Å². The highest BCUT2D eigenvalue weighted by atomic mass is 14.8. The molecule has 0 aromatic heterocycles. The van der Waals surface area contributed by atoms with Crippen molar-refractivity contribution in [3.63, 3.8) is 0 Å². The zero-order valence-electron chi connectivity index (χ0n) is 7.41. The maximum atomic E-state index is 3.37. The van der Waals surface area contributed by atoms with Crippen LogP contribution in [-0.2, 0) is 0 Å². The summed E-state index contributed by atoms with van der Waals surface area (Å²) in [6.45, 7) is 8.65. The van der Waals surface area contributed by atoms with Crippen molar-refractivity contribution in [2.24, 2.45) is 0 Å². The minimum absolute atomic E-state index is 1.05. The van der Waals surface area contributed by atoms with E-state index in [9.17, 15) is 0 Å². The van der Waals surface area contributed by atoms with Gasteiger partial charge in [-0.15, -0.1) is 0 Å². The first-order chi connectivity index (χ1) is 4.81. The Balaban J connectivity index is 3.04. The van der Waals surface area contributed by atoms with Gasteiger partial charge in [-0.1, -0.05) is 25.0 Å². The first-order valence-corrected chi connectivity index (χ1v) is 4.13. The summed E-state index contributed by atoms with van der Waals surface area (Å²) >= 11 is 0. The Morgan fingerprint density at radius 1 is 1.50 bits per heavy atom. The van der Waals surface area contributed by atoms with Crippen LogP contribution in [0.25, 0.3) is 0 Å². The van der Waals surface area contributed by atoms with Gasteiger partial charge in [0.2, 0.25) is 0 Å². The molecule has 0 aliphatic carbocycles. The Hall–Kier alpha value is -0.300. The van der Waals surface area contributed by atoms with Gasteiger partial charge in [0.05, 0.1) is 0 Å². The third-order valence-corrected chi connectivity index (χ3v) is 1.60. The van der Waals surface area contributed by atoms with E-state index in [1.54, 1.807) is 0 Å². The molecule has 1 N–H and O–H groups in total. The average molecular weight is 141 g/mol. The molecule has 0 atom stereocenters. The van der Waals surface area contributed by atoms with E-state index < -0.39 is 0 Å². The van der Waals surface area contributed by atoms with Crippen LogP contribution in [0.1, 0.15) is 33.6 Å². The fourth-order valence-corrected chi connectivity index (χ4v) is 0.689. The van der Waals surface area contributed by atoms with E-state index in [-0.39, 0.29) is 0 Å². The van der Waals surface area contributed by atoms with Crippen molar-refractivity contribution in [1.82, 2.24) is 5.32 Å². The van der Waals surface area contributed by atoms with Crippen molar-refractivity contribution in [1.29, 1.82) is 0 Å². The average Bonchev–Trinajstić information content (AvgIpc) is 1.98. The molecule has 0 amide bonds. The van der Waals surface area contributed by atoms with Gasteiger partial charge in [-0.3, -0.25) is 0 Å². The summed E-state index contributed by atoms with van der Waals surface area (Å²) in [6, 6.07) is 0. The molecule has 60 valence electrons. The lowest BCUT2D eigenvalue weighted by Gasteiger charge is -2.02. The van der Waals surface area contributed by atoms with E-state index in [2.05, 4.69) is 32.2 Å². The standard InChI is InChI=1S/C9H19N/c1-4-6-7-10-8-9(3)5-2/h5,10H,4,6-8H2,1-3H3. The molecule has 10 heavy (non-hydrogen) atoms. The van der Waals surface area contributed by atoms with Crippen molar-refractivity contribution in [3.05, 3.63) is 11.6 Å². The highest BCUT2D eigenvalue weighted by Gasteiger charge is 1.86. The minimum atomic E-state index is 1.05. The molecule has 0 aromatic carbocycles. The maximum Gasteiger partial charge on any atom is 0.0161 e. The Morgan fingerprint density at radius 3 is 2.70 bits per heavy atom. The smallest absolute Gasteiger partial charge is 0.0161 e. The molecule has 0 saturated heterocycles. The summed E-state index contributed by atoms with van der Waals surface area (Å²) in [5.41, 5.74) is 1.43. The predicted octanol–water partition coefficient (Wildman–Crippen LogP) is 2.34. The molecule has 1 heteroatoms. The van der Waals surface area contributed by atoms with E-state index in [0.29, 0.717) is 0 Å². The minimum Gasteiger partial charge on any atom is -0.313 e. The van der Waals surface area contributed by atoms with Gasteiger partial charge in [0.25, 0.3) is 0 Å². The summed E-state index contributed by atoms with van der Waals surface area (Å²) < 4.78 is 0. The molecule has 1 nitrogen and oxygen atoms in total. The molecule has 0 rings (SSSR count). The molecule has 0 aliphatic rings. The second kappa shape index (κ2) is 6.81. The van der Waals surface area contributed by atoms with Crippen LogP contribution in [0, 0.1) is 0 Å². The van der Waals surface area contributed by atoms with E-state index in [1.807, 2.05) is 0 Å². The topological polar surface area (TPSA) is 12.0 Å². The SMILES string of the molecule is CC=C(C)CNCCCC. The highest BCUT2D eigenvalue weighted by molar-refractivity contribution is 4.97. The Bertz CT molecular complexity index is 94.9. The number of nitrogens with one attached hydrogen (secondary N) is 1. The molecule has 0 heterocycles. The normalized spacial score (nSPS) is 12.1. The van der Waals surface area contributed by atoms with Crippen LogP contribution in [-0.4, -0.2) is 13.1 Å². The highest BCUT2D eigenvalue weighted by Crippen LogP contribution is 1.88. The van der Waals surface area contributed by atoms with E-state index in [4.69, 9.17) is 0 Å². The van der Waals surface area contributed by atoms with Crippen molar-refractivity contribution >= 4 is 0 Å². The van der Waals surface area contributed by atoms with Crippen LogP contribution in [0.3, 0.4) is 0 Å². The fourth-order valence-electron chi connectivity index (χ4n) is 0.689. The molecule has 0 bridgehead atoms. The zero-order chi connectivity index (χ0) is 7.82. The monoisotopic (exact) mass is 141 g/mol. The van der Waals surface area contributed by atoms with Crippen LogP contribution in [0.5, 0.6) is 0 Å². The van der Waals surface area contributed by atoms with Gasteiger partial charge in [0, 0.05) is 6.54 Å². The van der Waals surface area contributed by atoms with Crippen molar-refractivity contribution in [2.75, 3.05) is 13.1 Å². The van der Waals surface area contributed by atoms with Gasteiger partial charge < -0.3 is 5.32 Å². The van der Waals surface area contributed by atoms with E-state index >= 15 is 0 Å². The second-order valence-electron chi connectivity index (χ2n) is 2.67. The Kier molecular flexibility index (Phi) is 6.61. The van der Waals surface area contributed by atoms with Gasteiger partial charge in [0.1, 0.15) is 0 Å². The lowest BCUT2D eigenvalue weighted by atomic mass is 10.3. The van der Waals surface area contributed by atoms with Gasteiger partial charge >= 0.3 is 0 Å². The summed E-state index contributed by atoms with van der Waals surface area (Å²) in [7, 11) is 0. The van der Waals surface area contributed by atoms with Gasteiger partial charge in [0.15, 0.2) is 0 Å². The van der Waals surface area contributed by atoms with Gasteiger partial charge in [-0.05, 0) is 26.8 Å². The van der Waals surface area contributed by atoms with E-state index in [1.165, 1.54) is 18.4 Å². The lowest BCUT2D eigenvalue weighted by Crippen LogP contribution is -2.17. The number of unbranched alkanes of at least 4 members (excludes halogenated alkanes) is 1. The molecular formula is C9H19N. The van der Waals surface area contributed by atoms with Crippen LogP contribution < -0.4 is 5.32 Å². The van der Waals surface area contributed by atoms with Crippen molar-refractivity contribution in [2.45, 2.75) is 33.6 Å². The molecule has 0 saturated carbocycles. The third kappa shape index (κ3) is 5.83. The molecular weight excluding hydrogens is 122 g/mol. The molecule has 0 aliphatic heterocycles. The van der Waals surface area contributed by atoms with Crippen LogP contribution in [0.2, 0.25) is 0 Å². The largest absolute Gasteiger partial charge is 0.313 e. The van der Waals surface area contributed by atoms with Crippen molar-refractivity contribution < 1.29 is 0 Å². The third-order valence-electron chi connectivity index (χ3n) is 1.60. The van der Waals surface area contributed by atoms with Crippen LogP contribution in [0.4, 0.5) is 0 Å². The Morgan fingerprint density at radius 2 is 2.20 bits per heavy atom. The fraction of sp³-hybridized carbons (Fsp3) is 0.778. The second-order valence-corrected chi connectivity index (χ2v) is 2.67. The molecule has 0 unspecified atom stereocenters. The van der Waals surface area contributed by atoms with Gasteiger partial charge in [-0.2, -0.15) is 0 Å². The van der Waals surface area contributed by atoms with E-state index in [0.717, 1.165) is 13.1 Å². The number of allylic oxidation sites excluding steroid dienone is 1. The number of rotatable bonds is 5. The first-order valence-electron chi connectivity index (χ1n) is 4.13. The van der Waals surface area contributed by atoms with Crippen LogP contribution in [0.15, 0.2) is 11.6 Å². The summed E-state index contributed by atoms with van der Waals surface area (Å²) in [5.74, 6) is 0. The first kappa shape index (κ1) is 9.70. The zero-order valence-corrected chi connectivity index (χ0v) is 7.41. The molecule has 0 spiro atoms. The molecule has 0 fully saturated rings. The summed E-state index contributed by atoms with van der Waals surface area (Å²) in [5, 5.41) is 3.37. The quantitative estimate of drug-likeness (QED) is 0.458.